The van der Waals surface area contributed by atoms with Crippen LogP contribution in [0.1, 0.15) is 13.8 Å². The van der Waals surface area contributed by atoms with Crippen molar-refractivity contribution in [1.82, 2.24) is 4.90 Å². The number of hydrogen-bond donors (Lipinski definition) is 2. The number of nitriles is 1. The largest absolute Gasteiger partial charge is 0.494 e. The molecule has 0 heterocycles. The average Bonchev–Trinajstić information content (AvgIpc) is 2.60. The minimum atomic E-state index is -0.672. The molecule has 0 aliphatic rings. The SMILES string of the molecule is CCOC(=O)N(/C=C(/C#N)C(=O)Nc1ccc(OCC)cc1)CCN. The highest BCUT2D eigenvalue weighted by Gasteiger charge is 2.16. The highest BCUT2D eigenvalue weighted by molar-refractivity contribution is 6.06. The van der Waals surface area contributed by atoms with Gasteiger partial charge in [-0.15, -0.1) is 0 Å². The van der Waals surface area contributed by atoms with Crippen molar-refractivity contribution < 1.29 is 19.1 Å². The molecule has 0 spiro atoms. The molecule has 0 unspecified atom stereocenters. The van der Waals surface area contributed by atoms with E-state index in [1.165, 1.54) is 0 Å². The van der Waals surface area contributed by atoms with E-state index in [-0.39, 0.29) is 25.3 Å². The summed E-state index contributed by atoms with van der Waals surface area (Å²) in [7, 11) is 0. The average molecular weight is 346 g/mol. The van der Waals surface area contributed by atoms with Crippen LogP contribution in [0.5, 0.6) is 5.75 Å². The maximum absolute atomic E-state index is 12.2. The molecule has 0 atom stereocenters. The highest BCUT2D eigenvalue weighted by Crippen LogP contribution is 2.16. The van der Waals surface area contributed by atoms with Crippen molar-refractivity contribution >= 4 is 17.7 Å². The van der Waals surface area contributed by atoms with Gasteiger partial charge in [0.2, 0.25) is 0 Å². The zero-order valence-corrected chi connectivity index (χ0v) is 14.3. The topological polar surface area (TPSA) is 118 Å². The van der Waals surface area contributed by atoms with Gasteiger partial charge in [0.1, 0.15) is 17.4 Å². The van der Waals surface area contributed by atoms with Crippen molar-refractivity contribution in [3.05, 3.63) is 36.0 Å². The van der Waals surface area contributed by atoms with Crippen LogP contribution in [0.3, 0.4) is 0 Å². The second kappa shape index (κ2) is 10.7. The van der Waals surface area contributed by atoms with Crippen molar-refractivity contribution in [3.8, 4) is 11.8 Å². The Balaban J connectivity index is 2.87. The Labute approximate surface area is 146 Å². The van der Waals surface area contributed by atoms with Crippen molar-refractivity contribution in [1.29, 1.82) is 5.26 Å². The molecule has 0 aliphatic heterocycles. The number of carbonyl (C=O) groups is 2. The van der Waals surface area contributed by atoms with E-state index in [0.717, 1.165) is 11.1 Å². The van der Waals surface area contributed by atoms with Crippen molar-refractivity contribution in [3.63, 3.8) is 0 Å². The monoisotopic (exact) mass is 346 g/mol. The lowest BCUT2D eigenvalue weighted by atomic mass is 10.2. The Morgan fingerprint density at radius 3 is 2.48 bits per heavy atom. The number of amides is 2. The maximum Gasteiger partial charge on any atom is 0.413 e. The van der Waals surface area contributed by atoms with E-state index in [1.807, 2.05) is 6.92 Å². The lowest BCUT2D eigenvalue weighted by Crippen LogP contribution is -2.32. The van der Waals surface area contributed by atoms with Gasteiger partial charge in [-0.25, -0.2) is 4.79 Å². The van der Waals surface area contributed by atoms with Crippen LogP contribution in [0.4, 0.5) is 10.5 Å². The van der Waals surface area contributed by atoms with Gasteiger partial charge < -0.3 is 20.5 Å². The third kappa shape index (κ3) is 6.53. The van der Waals surface area contributed by atoms with E-state index >= 15 is 0 Å². The van der Waals surface area contributed by atoms with E-state index < -0.39 is 12.0 Å². The van der Waals surface area contributed by atoms with Gasteiger partial charge in [0, 0.05) is 25.0 Å². The fraction of sp³-hybridized carbons (Fsp3) is 0.353. The summed E-state index contributed by atoms with van der Waals surface area (Å²) in [5.41, 5.74) is 5.70. The Kier molecular flexibility index (Phi) is 8.54. The zero-order chi connectivity index (χ0) is 18.7. The maximum atomic E-state index is 12.2. The van der Waals surface area contributed by atoms with E-state index in [0.29, 0.717) is 18.0 Å². The van der Waals surface area contributed by atoms with Crippen molar-refractivity contribution in [2.24, 2.45) is 5.73 Å². The number of benzene rings is 1. The number of anilines is 1. The van der Waals surface area contributed by atoms with Crippen LogP contribution in [0.25, 0.3) is 0 Å². The summed E-state index contributed by atoms with van der Waals surface area (Å²) >= 11 is 0. The molecule has 1 aromatic rings. The Morgan fingerprint density at radius 2 is 1.96 bits per heavy atom. The fourth-order valence-electron chi connectivity index (χ4n) is 1.85. The molecule has 1 rings (SSSR count). The number of nitrogens with two attached hydrogens (primary N) is 1. The molecule has 8 heteroatoms. The summed E-state index contributed by atoms with van der Waals surface area (Å²) in [6.45, 7) is 4.53. The third-order valence-electron chi connectivity index (χ3n) is 2.95. The number of hydrogen-bond acceptors (Lipinski definition) is 6. The summed E-state index contributed by atoms with van der Waals surface area (Å²) in [4.78, 5) is 25.1. The quantitative estimate of drug-likeness (QED) is 0.548. The normalized spacial score (nSPS) is 10.6. The minimum Gasteiger partial charge on any atom is -0.494 e. The molecule has 1 aromatic carbocycles. The first-order valence-electron chi connectivity index (χ1n) is 7.85. The summed E-state index contributed by atoms with van der Waals surface area (Å²) in [6, 6.07) is 8.49. The summed E-state index contributed by atoms with van der Waals surface area (Å²) < 4.78 is 10.2. The first kappa shape index (κ1) is 20.0. The molecule has 2 amide bonds. The molecule has 134 valence electrons. The summed E-state index contributed by atoms with van der Waals surface area (Å²) in [6.07, 6.45) is 0.462. The Hall–Kier alpha value is -3.05. The highest BCUT2D eigenvalue weighted by atomic mass is 16.6. The zero-order valence-electron chi connectivity index (χ0n) is 14.3. The molecule has 0 fully saturated rings. The minimum absolute atomic E-state index is 0.125. The smallest absolute Gasteiger partial charge is 0.413 e. The van der Waals surface area contributed by atoms with Gasteiger partial charge in [0.15, 0.2) is 0 Å². The second-order valence-corrected chi connectivity index (χ2v) is 4.75. The lowest BCUT2D eigenvalue weighted by molar-refractivity contribution is -0.112. The van der Waals surface area contributed by atoms with Gasteiger partial charge in [-0.05, 0) is 38.1 Å². The molecule has 0 radical (unpaired) electrons. The number of rotatable bonds is 8. The Morgan fingerprint density at radius 1 is 1.28 bits per heavy atom. The lowest BCUT2D eigenvalue weighted by Gasteiger charge is -2.17. The van der Waals surface area contributed by atoms with Crippen LogP contribution in [-0.2, 0) is 9.53 Å². The van der Waals surface area contributed by atoms with Gasteiger partial charge >= 0.3 is 6.09 Å². The predicted octanol–water partition coefficient (Wildman–Crippen LogP) is 1.85. The summed E-state index contributed by atoms with van der Waals surface area (Å²) in [5, 5.41) is 11.8. The van der Waals surface area contributed by atoms with Crippen molar-refractivity contribution in [2.75, 3.05) is 31.6 Å². The van der Waals surface area contributed by atoms with E-state index in [1.54, 1.807) is 37.3 Å². The Bertz CT molecular complexity index is 650. The van der Waals surface area contributed by atoms with E-state index in [9.17, 15) is 14.9 Å². The molecule has 8 nitrogen and oxygen atoms in total. The molecule has 0 aliphatic carbocycles. The first-order valence-corrected chi connectivity index (χ1v) is 7.85. The molecular weight excluding hydrogens is 324 g/mol. The molecule has 0 aromatic heterocycles. The molecule has 25 heavy (non-hydrogen) atoms. The first-order chi connectivity index (χ1) is 12.0. The fourth-order valence-corrected chi connectivity index (χ4v) is 1.85. The number of carbonyl (C=O) groups excluding carboxylic acids is 2. The van der Waals surface area contributed by atoms with Crippen LogP contribution in [0.15, 0.2) is 36.0 Å². The summed E-state index contributed by atoms with van der Waals surface area (Å²) in [5.74, 6) is 0.0333. The van der Waals surface area contributed by atoms with Gasteiger partial charge in [0.05, 0.1) is 13.2 Å². The van der Waals surface area contributed by atoms with E-state index in [2.05, 4.69) is 5.32 Å². The van der Waals surface area contributed by atoms with Gasteiger partial charge in [-0.3, -0.25) is 9.69 Å². The van der Waals surface area contributed by atoms with E-state index in [4.69, 9.17) is 15.2 Å². The van der Waals surface area contributed by atoms with Crippen molar-refractivity contribution in [2.45, 2.75) is 13.8 Å². The molecule has 0 saturated heterocycles. The molecule has 0 saturated carbocycles. The van der Waals surface area contributed by atoms with Crippen LogP contribution >= 0.6 is 0 Å². The third-order valence-corrected chi connectivity index (χ3v) is 2.95. The van der Waals surface area contributed by atoms with Crippen LogP contribution in [0.2, 0.25) is 0 Å². The van der Waals surface area contributed by atoms with Crippen LogP contribution < -0.4 is 15.8 Å². The standard InChI is InChI=1S/C17H22N4O4/c1-3-24-15-7-5-14(6-8-15)20-16(22)13(11-19)12-21(10-9-18)17(23)25-4-2/h5-8,12H,3-4,9-10,18H2,1-2H3,(H,20,22)/b13-12-. The van der Waals surface area contributed by atoms with Crippen LogP contribution in [0, 0.1) is 11.3 Å². The van der Waals surface area contributed by atoms with Gasteiger partial charge in [0.25, 0.3) is 5.91 Å². The number of nitrogens with zero attached hydrogens (tertiary/aromatic N) is 2. The molecular formula is C17H22N4O4. The van der Waals surface area contributed by atoms with Gasteiger partial charge in [-0.1, -0.05) is 0 Å². The second-order valence-electron chi connectivity index (χ2n) is 4.75. The number of nitrogens with one attached hydrogen (secondary N) is 1. The predicted molar refractivity (Wildman–Crippen MR) is 92.7 cm³/mol. The van der Waals surface area contributed by atoms with Gasteiger partial charge in [-0.2, -0.15) is 5.26 Å². The van der Waals surface area contributed by atoms with Crippen LogP contribution in [-0.4, -0.2) is 43.2 Å². The molecule has 0 bridgehead atoms. The molecule has 3 N–H and O–H groups in total. The number of ether oxygens (including phenoxy) is 2.